The predicted octanol–water partition coefficient (Wildman–Crippen LogP) is 2.58. The molecule has 1 aromatic carbocycles. The average molecular weight is 301 g/mol. The number of ether oxygens (including phenoxy) is 1. The molecule has 5 heteroatoms. The summed E-state index contributed by atoms with van der Waals surface area (Å²) >= 11 is 1.23. The number of thiophene rings is 1. The van der Waals surface area contributed by atoms with Gasteiger partial charge in [0.25, 0.3) is 5.91 Å². The molecule has 0 unspecified atom stereocenters. The quantitative estimate of drug-likeness (QED) is 0.882. The van der Waals surface area contributed by atoms with Gasteiger partial charge in [-0.25, -0.2) is 0 Å². The van der Waals surface area contributed by atoms with Gasteiger partial charge in [-0.3, -0.25) is 9.59 Å². The Morgan fingerprint density at radius 2 is 1.71 bits per heavy atom. The molecule has 0 atom stereocenters. The zero-order valence-corrected chi connectivity index (χ0v) is 12.5. The molecule has 0 radical (unpaired) electrons. The molecule has 0 spiro atoms. The molecule has 21 heavy (non-hydrogen) atoms. The molecule has 108 valence electrons. The Morgan fingerprint density at radius 3 is 2.29 bits per heavy atom. The van der Waals surface area contributed by atoms with E-state index in [4.69, 9.17) is 10.5 Å². The van der Waals surface area contributed by atoms with E-state index in [1.165, 1.54) is 11.3 Å². The smallest absolute Gasteiger partial charge is 0.259 e. The van der Waals surface area contributed by atoms with Crippen LogP contribution in [-0.4, -0.2) is 18.8 Å². The first-order valence-electron chi connectivity index (χ1n) is 6.75. The average Bonchev–Trinajstić information content (AvgIpc) is 3.08. The van der Waals surface area contributed by atoms with Gasteiger partial charge in [0.15, 0.2) is 0 Å². The molecule has 2 aromatic rings. The molecular formula is C16H15NO3S. The fourth-order valence-corrected chi connectivity index (χ4v) is 3.94. The van der Waals surface area contributed by atoms with E-state index in [0.29, 0.717) is 21.1 Å². The van der Waals surface area contributed by atoms with E-state index in [9.17, 15) is 9.59 Å². The van der Waals surface area contributed by atoms with Crippen LogP contribution in [0.5, 0.6) is 5.75 Å². The lowest BCUT2D eigenvalue weighted by Gasteiger charge is -2.03. The summed E-state index contributed by atoms with van der Waals surface area (Å²) in [7, 11) is 1.59. The summed E-state index contributed by atoms with van der Waals surface area (Å²) < 4.78 is 5.09. The maximum absolute atomic E-state index is 12.7. The van der Waals surface area contributed by atoms with Crippen molar-refractivity contribution < 1.29 is 14.3 Å². The minimum atomic E-state index is -0.438. The summed E-state index contributed by atoms with van der Waals surface area (Å²) in [6.45, 7) is 0. The highest BCUT2D eigenvalue weighted by atomic mass is 32.1. The van der Waals surface area contributed by atoms with Gasteiger partial charge in [-0.05, 0) is 54.7 Å². The molecule has 0 bridgehead atoms. The number of ketones is 1. The van der Waals surface area contributed by atoms with Gasteiger partial charge in [0.05, 0.1) is 16.9 Å². The predicted molar refractivity (Wildman–Crippen MR) is 81.3 cm³/mol. The van der Waals surface area contributed by atoms with E-state index in [1.807, 2.05) is 0 Å². The summed E-state index contributed by atoms with van der Waals surface area (Å²) in [5.41, 5.74) is 8.01. The lowest BCUT2D eigenvalue weighted by molar-refractivity contribution is 0.100. The third-order valence-corrected chi connectivity index (χ3v) is 5.04. The Hall–Kier alpha value is -2.14. The highest BCUT2D eigenvalue weighted by Gasteiger charge is 2.28. The van der Waals surface area contributed by atoms with Crippen LogP contribution < -0.4 is 10.5 Å². The zero-order valence-electron chi connectivity index (χ0n) is 11.6. The second kappa shape index (κ2) is 5.33. The van der Waals surface area contributed by atoms with Crippen LogP contribution in [0.25, 0.3) is 0 Å². The SMILES string of the molecule is COc1ccc(C(=O)c2sc(C(N)=O)c3c2CCC3)cc1. The first-order chi connectivity index (χ1) is 10.1. The van der Waals surface area contributed by atoms with Gasteiger partial charge in [-0.2, -0.15) is 0 Å². The maximum Gasteiger partial charge on any atom is 0.259 e. The molecule has 1 amide bonds. The lowest BCUT2D eigenvalue weighted by atomic mass is 10.0. The molecule has 0 saturated heterocycles. The van der Waals surface area contributed by atoms with Gasteiger partial charge in [-0.1, -0.05) is 0 Å². The number of carbonyl (C=O) groups is 2. The van der Waals surface area contributed by atoms with Crippen molar-refractivity contribution in [1.82, 2.24) is 0 Å². The topological polar surface area (TPSA) is 69.4 Å². The zero-order chi connectivity index (χ0) is 15.0. The van der Waals surface area contributed by atoms with E-state index >= 15 is 0 Å². The van der Waals surface area contributed by atoms with Crippen molar-refractivity contribution in [3.63, 3.8) is 0 Å². The Kier molecular flexibility index (Phi) is 3.51. The second-order valence-corrected chi connectivity index (χ2v) is 6.01. The van der Waals surface area contributed by atoms with Crippen LogP contribution in [0.15, 0.2) is 24.3 Å². The van der Waals surface area contributed by atoms with Crippen molar-refractivity contribution in [2.45, 2.75) is 19.3 Å². The maximum atomic E-state index is 12.7. The second-order valence-electron chi connectivity index (χ2n) is 4.99. The van der Waals surface area contributed by atoms with Crippen LogP contribution in [0.3, 0.4) is 0 Å². The highest BCUT2D eigenvalue weighted by molar-refractivity contribution is 7.16. The molecule has 0 aliphatic heterocycles. The first kappa shape index (κ1) is 13.8. The normalized spacial score (nSPS) is 13.0. The number of amides is 1. The minimum Gasteiger partial charge on any atom is -0.497 e. The highest BCUT2D eigenvalue weighted by Crippen LogP contribution is 2.36. The van der Waals surface area contributed by atoms with E-state index in [0.717, 1.165) is 30.4 Å². The van der Waals surface area contributed by atoms with Gasteiger partial charge >= 0.3 is 0 Å². The summed E-state index contributed by atoms with van der Waals surface area (Å²) in [5.74, 6) is 0.223. The molecule has 4 nitrogen and oxygen atoms in total. The lowest BCUT2D eigenvalue weighted by Crippen LogP contribution is -2.10. The molecule has 1 aliphatic carbocycles. The van der Waals surface area contributed by atoms with Crippen LogP contribution in [0.2, 0.25) is 0 Å². The monoisotopic (exact) mass is 301 g/mol. The number of benzene rings is 1. The van der Waals surface area contributed by atoms with Crippen LogP contribution >= 0.6 is 11.3 Å². The van der Waals surface area contributed by atoms with E-state index in [-0.39, 0.29) is 5.78 Å². The number of primary amides is 1. The molecular weight excluding hydrogens is 286 g/mol. The standard InChI is InChI=1S/C16H15NO3S/c1-20-10-7-5-9(6-8-10)13(18)14-11-3-2-4-12(11)15(21-14)16(17)19/h5-8H,2-4H2,1H3,(H2,17,19). The molecule has 1 aromatic heterocycles. The van der Waals surface area contributed by atoms with Crippen molar-refractivity contribution in [3.8, 4) is 5.75 Å². The molecule has 1 aliphatic rings. The minimum absolute atomic E-state index is 0.0479. The van der Waals surface area contributed by atoms with Crippen molar-refractivity contribution in [3.05, 3.63) is 50.7 Å². The van der Waals surface area contributed by atoms with Crippen LogP contribution in [0, 0.1) is 0 Å². The number of carbonyl (C=O) groups excluding carboxylic acids is 2. The van der Waals surface area contributed by atoms with E-state index < -0.39 is 5.91 Å². The molecule has 0 saturated carbocycles. The number of fused-ring (bicyclic) bond motifs is 1. The number of hydrogen-bond donors (Lipinski definition) is 1. The van der Waals surface area contributed by atoms with Crippen molar-refractivity contribution >= 4 is 23.0 Å². The van der Waals surface area contributed by atoms with Gasteiger partial charge in [0, 0.05) is 5.56 Å². The number of methoxy groups -OCH3 is 1. The number of rotatable bonds is 4. The molecule has 1 heterocycles. The van der Waals surface area contributed by atoms with Crippen LogP contribution in [0.1, 0.15) is 42.5 Å². The Labute approximate surface area is 126 Å². The van der Waals surface area contributed by atoms with Crippen molar-refractivity contribution in [2.75, 3.05) is 7.11 Å². The van der Waals surface area contributed by atoms with Crippen molar-refractivity contribution in [2.24, 2.45) is 5.73 Å². The molecule has 3 rings (SSSR count). The summed E-state index contributed by atoms with van der Waals surface area (Å²) in [6, 6.07) is 7.00. The van der Waals surface area contributed by atoms with Crippen LogP contribution in [-0.2, 0) is 12.8 Å². The third kappa shape index (κ3) is 2.34. The van der Waals surface area contributed by atoms with E-state index in [1.54, 1.807) is 31.4 Å². The summed E-state index contributed by atoms with van der Waals surface area (Å²) in [4.78, 5) is 25.4. The van der Waals surface area contributed by atoms with Gasteiger partial charge in [-0.15, -0.1) is 11.3 Å². The largest absolute Gasteiger partial charge is 0.497 e. The summed E-state index contributed by atoms with van der Waals surface area (Å²) in [5, 5.41) is 0. The summed E-state index contributed by atoms with van der Waals surface area (Å²) in [6.07, 6.45) is 2.65. The molecule has 2 N–H and O–H groups in total. The van der Waals surface area contributed by atoms with Gasteiger partial charge < -0.3 is 10.5 Å². The van der Waals surface area contributed by atoms with Crippen LogP contribution in [0.4, 0.5) is 0 Å². The van der Waals surface area contributed by atoms with E-state index in [2.05, 4.69) is 0 Å². The van der Waals surface area contributed by atoms with Gasteiger partial charge in [0.2, 0.25) is 5.78 Å². The van der Waals surface area contributed by atoms with Gasteiger partial charge in [0.1, 0.15) is 5.75 Å². The first-order valence-corrected chi connectivity index (χ1v) is 7.56. The van der Waals surface area contributed by atoms with Crippen molar-refractivity contribution in [1.29, 1.82) is 0 Å². The fourth-order valence-electron chi connectivity index (χ4n) is 2.73. The molecule has 0 fully saturated rings. The Balaban J connectivity index is 2.01. The Morgan fingerprint density at radius 1 is 1.10 bits per heavy atom. The fraction of sp³-hybridized carbons (Fsp3) is 0.250. The third-order valence-electron chi connectivity index (χ3n) is 3.75. The number of nitrogens with two attached hydrogens (primary N) is 1. The Bertz CT molecular complexity index is 716. The number of hydrogen-bond acceptors (Lipinski definition) is 4.